The summed E-state index contributed by atoms with van der Waals surface area (Å²) in [6, 6.07) is 24.0. The van der Waals surface area contributed by atoms with Gasteiger partial charge in [0.2, 0.25) is 0 Å². The predicted octanol–water partition coefficient (Wildman–Crippen LogP) is 6.85. The summed E-state index contributed by atoms with van der Waals surface area (Å²) in [5, 5.41) is 11.0. The number of rotatable bonds is 9. The van der Waals surface area contributed by atoms with Gasteiger partial charge in [0.05, 0.1) is 24.8 Å². The van der Waals surface area contributed by atoms with Crippen LogP contribution in [-0.4, -0.2) is 22.7 Å². The van der Waals surface area contributed by atoms with Gasteiger partial charge in [-0.05, 0) is 47.9 Å². The molecule has 0 aliphatic carbocycles. The molecular weight excluding hydrogens is 438 g/mol. The predicted molar refractivity (Wildman–Crippen MR) is 138 cm³/mol. The van der Waals surface area contributed by atoms with E-state index in [-0.39, 0.29) is 6.42 Å². The van der Waals surface area contributed by atoms with Crippen molar-refractivity contribution in [2.75, 3.05) is 6.61 Å². The summed E-state index contributed by atoms with van der Waals surface area (Å²) in [5.74, 6) is 0.0185. The number of hydrogen-bond acceptors (Lipinski definition) is 4. The van der Waals surface area contributed by atoms with Crippen LogP contribution in [0.4, 0.5) is 0 Å². The highest BCUT2D eigenvalue weighted by molar-refractivity contribution is 5.96. The Morgan fingerprint density at radius 3 is 2.66 bits per heavy atom. The first-order valence-electron chi connectivity index (χ1n) is 11.9. The molecule has 0 atom stereocenters. The third kappa shape index (κ3) is 4.90. The van der Waals surface area contributed by atoms with E-state index in [2.05, 4.69) is 25.1 Å². The lowest BCUT2D eigenvalue weighted by atomic mass is 10.0. The van der Waals surface area contributed by atoms with Gasteiger partial charge in [0.25, 0.3) is 0 Å². The van der Waals surface area contributed by atoms with Crippen LogP contribution in [0.15, 0.2) is 83.5 Å². The number of benzene rings is 3. The molecule has 0 radical (unpaired) electrons. The lowest BCUT2D eigenvalue weighted by Crippen LogP contribution is -2.05. The smallest absolute Gasteiger partial charge is 0.307 e. The second-order valence-corrected chi connectivity index (χ2v) is 8.68. The minimum Gasteiger partial charge on any atom is -0.493 e. The standard InChI is InChI=1S/C30H27NO4/c1-2-6-25-28(14-12-24-26(19-35-30(24)25)21-7-4-3-5-8-21)34-16-15-23-11-10-22-17-20(18-29(32)33)9-13-27(22)31-23/h3-5,7-14,17,19H,2,6,15-16,18H2,1H3,(H,32,33). The Kier molecular flexibility index (Phi) is 6.49. The zero-order valence-electron chi connectivity index (χ0n) is 19.7. The summed E-state index contributed by atoms with van der Waals surface area (Å²) in [5.41, 5.74) is 6.79. The van der Waals surface area contributed by atoms with Crippen molar-refractivity contribution in [1.29, 1.82) is 0 Å². The van der Waals surface area contributed by atoms with Crippen LogP contribution in [0.3, 0.4) is 0 Å². The van der Waals surface area contributed by atoms with E-state index in [1.54, 1.807) is 0 Å². The van der Waals surface area contributed by atoms with Crippen molar-refractivity contribution in [2.24, 2.45) is 0 Å². The van der Waals surface area contributed by atoms with Gasteiger partial charge in [-0.2, -0.15) is 0 Å². The van der Waals surface area contributed by atoms with Gasteiger partial charge in [-0.1, -0.05) is 55.8 Å². The van der Waals surface area contributed by atoms with E-state index in [1.165, 1.54) is 0 Å². The van der Waals surface area contributed by atoms with Gasteiger partial charge in [-0.15, -0.1) is 0 Å². The summed E-state index contributed by atoms with van der Waals surface area (Å²) < 4.78 is 12.3. The molecular formula is C30H27NO4. The summed E-state index contributed by atoms with van der Waals surface area (Å²) in [7, 11) is 0. The van der Waals surface area contributed by atoms with Crippen LogP contribution in [0.2, 0.25) is 0 Å². The molecule has 0 amide bonds. The van der Waals surface area contributed by atoms with Gasteiger partial charge in [0.1, 0.15) is 11.3 Å². The Morgan fingerprint density at radius 1 is 1.00 bits per heavy atom. The molecule has 0 saturated carbocycles. The highest BCUT2D eigenvalue weighted by Crippen LogP contribution is 2.37. The number of fused-ring (bicyclic) bond motifs is 2. The van der Waals surface area contributed by atoms with Crippen molar-refractivity contribution >= 4 is 27.8 Å². The van der Waals surface area contributed by atoms with Gasteiger partial charge in [-0.25, -0.2) is 0 Å². The van der Waals surface area contributed by atoms with E-state index in [9.17, 15) is 4.79 Å². The normalized spacial score (nSPS) is 11.2. The number of pyridine rings is 1. The van der Waals surface area contributed by atoms with Crippen molar-refractivity contribution < 1.29 is 19.1 Å². The van der Waals surface area contributed by atoms with E-state index in [0.29, 0.717) is 13.0 Å². The number of ether oxygens (including phenoxy) is 1. The minimum atomic E-state index is -0.836. The molecule has 2 heterocycles. The average molecular weight is 466 g/mol. The number of hydrogen-bond donors (Lipinski definition) is 1. The number of nitrogens with zero attached hydrogens (tertiary/aromatic N) is 1. The summed E-state index contributed by atoms with van der Waals surface area (Å²) in [6.45, 7) is 2.66. The first kappa shape index (κ1) is 22.7. The molecule has 35 heavy (non-hydrogen) atoms. The van der Waals surface area contributed by atoms with Gasteiger partial charge in [-0.3, -0.25) is 9.78 Å². The first-order chi connectivity index (χ1) is 17.1. The maximum atomic E-state index is 11.0. The average Bonchev–Trinajstić information content (AvgIpc) is 3.30. The molecule has 2 aromatic heterocycles. The molecule has 5 rings (SSSR count). The van der Waals surface area contributed by atoms with Gasteiger partial charge in [0.15, 0.2) is 0 Å². The lowest BCUT2D eigenvalue weighted by molar-refractivity contribution is -0.136. The minimum absolute atomic E-state index is 0.0124. The van der Waals surface area contributed by atoms with Crippen molar-refractivity contribution in [2.45, 2.75) is 32.6 Å². The van der Waals surface area contributed by atoms with Crippen molar-refractivity contribution in [3.8, 4) is 16.9 Å². The van der Waals surface area contributed by atoms with Gasteiger partial charge in [0, 0.05) is 34.0 Å². The van der Waals surface area contributed by atoms with Crippen molar-refractivity contribution in [1.82, 2.24) is 4.98 Å². The van der Waals surface area contributed by atoms with Crippen LogP contribution >= 0.6 is 0 Å². The number of aliphatic carboxylic acids is 1. The largest absolute Gasteiger partial charge is 0.493 e. The molecule has 5 aromatic rings. The lowest BCUT2D eigenvalue weighted by Gasteiger charge is -2.12. The Bertz CT molecular complexity index is 1490. The zero-order chi connectivity index (χ0) is 24.2. The monoisotopic (exact) mass is 465 g/mol. The SMILES string of the molecule is CCCc1c(OCCc2ccc3cc(CC(=O)O)ccc3n2)ccc2c(-c3ccccc3)coc12. The third-order valence-corrected chi connectivity index (χ3v) is 6.17. The Balaban J connectivity index is 1.33. The third-order valence-electron chi connectivity index (χ3n) is 6.17. The van der Waals surface area contributed by atoms with Gasteiger partial charge < -0.3 is 14.3 Å². The van der Waals surface area contributed by atoms with Crippen LogP contribution < -0.4 is 4.74 Å². The molecule has 5 nitrogen and oxygen atoms in total. The van der Waals surface area contributed by atoms with E-state index in [4.69, 9.17) is 19.2 Å². The van der Waals surface area contributed by atoms with E-state index < -0.39 is 5.97 Å². The van der Waals surface area contributed by atoms with Crippen LogP contribution in [0.5, 0.6) is 5.75 Å². The molecule has 176 valence electrons. The molecule has 0 saturated heterocycles. The number of furan rings is 1. The number of aromatic nitrogens is 1. The highest BCUT2D eigenvalue weighted by Gasteiger charge is 2.16. The van der Waals surface area contributed by atoms with Crippen LogP contribution in [0.1, 0.15) is 30.2 Å². The molecule has 0 bridgehead atoms. The fraction of sp³-hybridized carbons (Fsp3) is 0.200. The highest BCUT2D eigenvalue weighted by atomic mass is 16.5. The van der Waals surface area contributed by atoms with E-state index >= 15 is 0 Å². The molecule has 1 N–H and O–H groups in total. The Labute approximate surface area is 204 Å². The summed E-state index contributed by atoms with van der Waals surface area (Å²) in [4.78, 5) is 15.7. The fourth-order valence-corrected chi connectivity index (χ4v) is 4.51. The van der Waals surface area contributed by atoms with Crippen molar-refractivity contribution in [3.05, 3.63) is 95.9 Å². The first-order valence-corrected chi connectivity index (χ1v) is 11.9. The van der Waals surface area contributed by atoms with Crippen LogP contribution in [0, 0.1) is 0 Å². The van der Waals surface area contributed by atoms with Crippen LogP contribution in [-0.2, 0) is 24.1 Å². The maximum absolute atomic E-state index is 11.0. The van der Waals surface area contributed by atoms with E-state index in [1.807, 2.05) is 60.9 Å². The topological polar surface area (TPSA) is 72.6 Å². The fourth-order valence-electron chi connectivity index (χ4n) is 4.51. The molecule has 3 aromatic carbocycles. The molecule has 0 aliphatic heterocycles. The number of carboxylic acids is 1. The molecule has 0 fully saturated rings. The number of aryl methyl sites for hydroxylation is 1. The second kappa shape index (κ2) is 10.0. The number of carboxylic acid groups (broad SMARTS) is 1. The molecule has 0 unspecified atom stereocenters. The van der Waals surface area contributed by atoms with Crippen molar-refractivity contribution in [3.63, 3.8) is 0 Å². The quantitative estimate of drug-likeness (QED) is 0.258. The molecule has 0 aliphatic rings. The molecule has 0 spiro atoms. The maximum Gasteiger partial charge on any atom is 0.307 e. The molecule has 5 heteroatoms. The van der Waals surface area contributed by atoms with E-state index in [0.717, 1.165) is 68.4 Å². The number of carbonyl (C=O) groups is 1. The second-order valence-electron chi connectivity index (χ2n) is 8.68. The summed E-state index contributed by atoms with van der Waals surface area (Å²) >= 11 is 0. The zero-order valence-corrected chi connectivity index (χ0v) is 19.7. The summed E-state index contributed by atoms with van der Waals surface area (Å²) in [6.07, 6.45) is 4.39. The Hall–Kier alpha value is -4.12. The van der Waals surface area contributed by atoms with Crippen LogP contribution in [0.25, 0.3) is 33.0 Å². The Morgan fingerprint density at radius 2 is 1.86 bits per heavy atom. The van der Waals surface area contributed by atoms with Gasteiger partial charge >= 0.3 is 5.97 Å².